The zero-order chi connectivity index (χ0) is 70.4. The van der Waals surface area contributed by atoms with Crippen molar-refractivity contribution in [2.24, 2.45) is 0 Å². The Balaban J connectivity index is 2.14. The maximum absolute atomic E-state index is 15.8. The summed E-state index contributed by atoms with van der Waals surface area (Å²) < 4.78 is 15.4. The number of halogens is 9. The topological polar surface area (TPSA) is 409 Å². The Labute approximate surface area is 654 Å². The number of esters is 3. The van der Waals surface area contributed by atoms with Crippen LogP contribution in [0.25, 0.3) is 0 Å². The second-order valence-corrected chi connectivity index (χ2v) is 29.8. The lowest BCUT2D eigenvalue weighted by atomic mass is 10.1. The van der Waals surface area contributed by atoms with E-state index in [0.717, 1.165) is 35.5 Å². The number of carbonyl (C=O) groups is 12. The van der Waals surface area contributed by atoms with Gasteiger partial charge in [0.1, 0.15) is 0 Å². The molecule has 1 heterocycles. The smallest absolute Gasteiger partial charge is 0.303 e. The zero-order valence-electron chi connectivity index (χ0n) is 49.7. The molecule has 4 rings (SSSR count). The van der Waals surface area contributed by atoms with Crippen molar-refractivity contribution in [1.82, 2.24) is 29.4 Å². The zero-order valence-corrected chi connectivity index (χ0v) is 69.1. The summed E-state index contributed by atoms with van der Waals surface area (Å²) in [6, 6.07) is 0. The molecule has 0 spiro atoms. The number of nitrogens with zero attached hydrogens (tertiary/aromatic N) is 6. The van der Waals surface area contributed by atoms with Crippen LogP contribution in [0.3, 0.4) is 0 Å². The average Bonchev–Trinajstić information content (AvgIpc) is 1.04. The highest BCUT2D eigenvalue weighted by Gasteiger charge is 2.39. The molecule has 3 aromatic rings. The third-order valence-corrected chi connectivity index (χ3v) is 22.9. The van der Waals surface area contributed by atoms with Crippen molar-refractivity contribution in [2.75, 3.05) is 136 Å². The van der Waals surface area contributed by atoms with Crippen molar-refractivity contribution in [3.8, 4) is 0 Å². The number of hydrogen-bond acceptors (Lipinski definition) is 21. The number of likely N-dealkylation sites (N-methyl/N-ethyl adjacent to an activating group) is 3. The molecule has 3 atom stereocenters. The van der Waals surface area contributed by atoms with Gasteiger partial charge < -0.3 is 90.2 Å². The summed E-state index contributed by atoms with van der Waals surface area (Å²) in [5.41, 5.74) is -1.20. The molecule has 1 fully saturated rings. The van der Waals surface area contributed by atoms with Gasteiger partial charge in [0.2, 0.25) is 0 Å². The van der Waals surface area contributed by atoms with Crippen LogP contribution in [0, 0.1) is 32.1 Å². The molecule has 0 radical (unpaired) electrons. The third kappa shape index (κ3) is 21.8. The highest BCUT2D eigenvalue weighted by atomic mass is 127. The van der Waals surface area contributed by atoms with Gasteiger partial charge in [-0.2, -0.15) is 0 Å². The first-order chi connectivity index (χ1) is 43.5. The van der Waals surface area contributed by atoms with E-state index in [9.17, 15) is 73.8 Å². The molecule has 510 valence electrons. The predicted octanol–water partition coefficient (Wildman–Crippen LogP) is 2.65. The highest BCUT2D eigenvalue weighted by molar-refractivity contribution is 14.1. The summed E-state index contributed by atoms with van der Waals surface area (Å²) in [7, 11) is 3.98. The van der Waals surface area contributed by atoms with Gasteiger partial charge in [0.25, 0.3) is 53.2 Å². The number of benzene rings is 3. The molecule has 9 N–H and O–H groups in total. The summed E-state index contributed by atoms with van der Waals surface area (Å²) in [4.78, 5) is 174. The van der Waals surface area contributed by atoms with E-state index >= 15 is 14.4 Å². The molecule has 9 amide bonds. The maximum atomic E-state index is 15.8. The van der Waals surface area contributed by atoms with Crippen molar-refractivity contribution in [1.29, 1.82) is 0 Å². The van der Waals surface area contributed by atoms with Gasteiger partial charge in [0.05, 0.1) is 110 Å². The van der Waals surface area contributed by atoms with Crippen LogP contribution in [0.5, 0.6) is 0 Å². The number of amides is 9. The molecule has 0 saturated carbocycles. The molecule has 0 bridgehead atoms. The van der Waals surface area contributed by atoms with E-state index in [2.05, 4.69) is 16.0 Å². The van der Waals surface area contributed by atoms with Crippen LogP contribution in [-0.2, 0) is 43.0 Å². The maximum Gasteiger partial charge on any atom is 0.303 e. The highest BCUT2D eigenvalue weighted by Crippen LogP contribution is 2.41. The number of aliphatic hydroxyl groups is 6. The lowest BCUT2D eigenvalue weighted by molar-refractivity contribution is -0.145. The van der Waals surface area contributed by atoms with Gasteiger partial charge in [-0.1, -0.05) is 0 Å². The van der Waals surface area contributed by atoms with Crippen LogP contribution in [0.15, 0.2) is 0 Å². The van der Waals surface area contributed by atoms with E-state index in [0.29, 0.717) is 0 Å². The first-order valence-electron chi connectivity index (χ1n) is 26.9. The van der Waals surface area contributed by atoms with Crippen molar-refractivity contribution in [3.63, 3.8) is 0 Å². The summed E-state index contributed by atoms with van der Waals surface area (Å²) in [6.45, 7) is -4.56. The lowest BCUT2D eigenvalue weighted by Gasteiger charge is -2.29. The molecule has 3 aromatic carbocycles. The predicted molar refractivity (Wildman–Crippen MR) is 407 cm³/mol. The largest absolute Gasteiger partial charge is 0.456 e. The Morgan fingerprint density at radius 3 is 0.753 bits per heavy atom. The van der Waals surface area contributed by atoms with E-state index in [1.54, 1.807) is 203 Å². The fraction of sp³-hybridized carbons (Fsp3) is 0.444. The normalized spacial score (nSPS) is 13.5. The average molecular weight is 2310 g/mol. The first kappa shape index (κ1) is 83.1. The summed E-state index contributed by atoms with van der Waals surface area (Å²) in [6.07, 6.45) is -4.18. The molecular formula is C54H60I9N9O21. The lowest BCUT2D eigenvalue weighted by Crippen LogP contribution is -2.43. The Morgan fingerprint density at radius 2 is 0.570 bits per heavy atom. The molecule has 1 aliphatic heterocycles. The van der Waals surface area contributed by atoms with Crippen LogP contribution in [0.2, 0.25) is 0 Å². The minimum absolute atomic E-state index is 0.0281. The Bertz CT molecular complexity index is 3110. The van der Waals surface area contributed by atoms with Crippen LogP contribution in [0.1, 0.15) is 82.9 Å². The number of nitrogens with one attached hydrogen (secondary N) is 3. The standard InChI is InChI=1S/C54H60I9N9O21/c1-22(76)91-19-28(82)64-46-40(58)31(49(85)67(4)13-25(79)16-73)37(55)34(43(46)61)52(88)70-7-9-71(53(89)35-38(56)32(50(86)68(5)14-26(80)17-74)41(59)47(44(35)62)65-29(83)20-92-23(2)77)11-12-72(10-8-70)54(90)36-39(57)33(51(87)69(6)15-27(81)18-75)42(60)48(45(36)63)66-30(84)21-93-24(3)78/h25-27,73-75,79-81H,7-21H2,1-6H3,(H,64,82)(H,65,83)(H,66,84). The van der Waals surface area contributed by atoms with Crippen molar-refractivity contribution < 1.29 is 102 Å². The SMILES string of the molecule is CC(=O)OCC(=O)Nc1c(I)c(C(=O)N(C)CC(O)CO)c(I)c(C(=O)N2CCN(C(=O)c3c(I)c(NC(=O)COC(C)=O)c(I)c(C(=O)N(C)CC(O)CO)c3I)CCN(C(=O)c3c(I)c(NC(=O)COC(C)=O)c(I)c(C(=O)N(C)CC(O)CO)c3I)CC2)c1I. The molecule has 1 aliphatic rings. The second kappa shape index (κ2) is 38.3. The van der Waals surface area contributed by atoms with Crippen molar-refractivity contribution in [3.05, 3.63) is 65.5 Å². The van der Waals surface area contributed by atoms with E-state index in [1.165, 1.54) is 35.8 Å². The molecule has 0 aromatic heterocycles. The van der Waals surface area contributed by atoms with E-state index in [4.69, 9.17) is 14.2 Å². The molecule has 0 aliphatic carbocycles. The molecule has 3 unspecified atom stereocenters. The van der Waals surface area contributed by atoms with Crippen LogP contribution in [0.4, 0.5) is 17.1 Å². The molecule has 39 heteroatoms. The summed E-state index contributed by atoms with van der Waals surface area (Å²) in [5.74, 6) is -9.81. The van der Waals surface area contributed by atoms with Gasteiger partial charge in [-0.25, -0.2) is 0 Å². The van der Waals surface area contributed by atoms with E-state index in [1.807, 2.05) is 0 Å². The van der Waals surface area contributed by atoms with Gasteiger partial charge in [-0.05, 0) is 203 Å². The van der Waals surface area contributed by atoms with Crippen LogP contribution >= 0.6 is 203 Å². The van der Waals surface area contributed by atoms with Gasteiger partial charge in [0, 0.05) is 112 Å². The first-order valence-corrected chi connectivity index (χ1v) is 36.6. The number of hydrogen-bond donors (Lipinski definition) is 9. The number of anilines is 3. The van der Waals surface area contributed by atoms with Crippen molar-refractivity contribution in [2.45, 2.75) is 39.1 Å². The van der Waals surface area contributed by atoms with Gasteiger partial charge in [-0.3, -0.25) is 57.5 Å². The minimum Gasteiger partial charge on any atom is -0.456 e. The Morgan fingerprint density at radius 1 is 0.376 bits per heavy atom. The second-order valence-electron chi connectivity index (χ2n) is 20.1. The third-order valence-electron chi connectivity index (χ3n) is 13.2. The summed E-state index contributed by atoms with van der Waals surface area (Å²) in [5, 5.41) is 68.1. The summed E-state index contributed by atoms with van der Waals surface area (Å²) >= 11 is 16.1. The quantitative estimate of drug-likeness (QED) is 0.0353. The number of aliphatic hydroxyl groups excluding tert-OH is 6. The molecule has 1 saturated heterocycles. The molecule has 93 heavy (non-hydrogen) atoms. The number of ether oxygens (including phenoxy) is 3. The van der Waals surface area contributed by atoms with Crippen molar-refractivity contribution >= 4 is 291 Å². The fourth-order valence-corrected chi connectivity index (χ4v) is 21.6. The van der Waals surface area contributed by atoms with Gasteiger partial charge in [-0.15, -0.1) is 0 Å². The van der Waals surface area contributed by atoms with Gasteiger partial charge >= 0.3 is 17.9 Å². The monoisotopic (exact) mass is 2310 g/mol. The van der Waals surface area contributed by atoms with Gasteiger partial charge in [0.15, 0.2) is 19.8 Å². The van der Waals surface area contributed by atoms with E-state index in [-0.39, 0.29) is 141 Å². The fourth-order valence-electron chi connectivity index (χ4n) is 8.56. The van der Waals surface area contributed by atoms with Crippen LogP contribution in [-0.4, -0.2) is 269 Å². The Kier molecular flexibility index (Phi) is 34.2. The number of rotatable bonds is 24. The minimum atomic E-state index is -1.39. The molecule has 30 nitrogen and oxygen atoms in total. The van der Waals surface area contributed by atoms with E-state index < -0.39 is 129 Å². The Hall–Kier alpha value is -2.37. The molecular weight excluding hydrogens is 2250 g/mol. The van der Waals surface area contributed by atoms with Crippen LogP contribution < -0.4 is 16.0 Å². The number of carbonyl (C=O) groups excluding carboxylic acids is 12.